The maximum Gasteiger partial charge on any atom is 0.160 e. The van der Waals surface area contributed by atoms with E-state index in [-0.39, 0.29) is 0 Å². The summed E-state index contributed by atoms with van der Waals surface area (Å²) in [7, 11) is 0. The molecule has 0 aliphatic carbocycles. The van der Waals surface area contributed by atoms with Crippen LogP contribution < -0.4 is 0 Å². The van der Waals surface area contributed by atoms with Crippen molar-refractivity contribution in [2.75, 3.05) is 0 Å². The molecular weight excluding hydrogens is 741 g/mol. The van der Waals surface area contributed by atoms with Gasteiger partial charge in [-0.15, -0.1) is 0 Å². The van der Waals surface area contributed by atoms with E-state index in [1.807, 2.05) is 18.2 Å². The average molecular weight is 777 g/mol. The Kier molecular flexibility index (Phi) is 8.17. The summed E-state index contributed by atoms with van der Waals surface area (Å²) < 4.78 is 6.46. The predicted octanol–water partition coefficient (Wildman–Crippen LogP) is 15.8. The third-order valence-electron chi connectivity index (χ3n) is 12.1. The van der Waals surface area contributed by atoms with Crippen molar-refractivity contribution in [3.63, 3.8) is 0 Å². The number of benzene rings is 10. The number of nitrogens with zero attached hydrogens (tertiary/aromatic N) is 2. The van der Waals surface area contributed by atoms with E-state index in [2.05, 4.69) is 200 Å². The van der Waals surface area contributed by atoms with Gasteiger partial charge in [0.25, 0.3) is 0 Å². The molecule has 0 N–H and O–H groups in total. The molecule has 0 spiro atoms. The molecule has 0 bridgehead atoms. The zero-order chi connectivity index (χ0) is 40.3. The Bertz CT molecular complexity index is 3620. The van der Waals surface area contributed by atoms with E-state index in [0.717, 1.165) is 66.7 Å². The van der Waals surface area contributed by atoms with Crippen LogP contribution in [0.2, 0.25) is 0 Å². The van der Waals surface area contributed by atoms with E-state index in [4.69, 9.17) is 14.4 Å². The molecule has 61 heavy (non-hydrogen) atoms. The topological polar surface area (TPSA) is 38.9 Å². The molecule has 0 aliphatic heterocycles. The van der Waals surface area contributed by atoms with Gasteiger partial charge < -0.3 is 4.42 Å². The van der Waals surface area contributed by atoms with Crippen LogP contribution in [0.1, 0.15) is 0 Å². The number of rotatable bonds is 6. The molecule has 12 aromatic rings. The lowest BCUT2D eigenvalue weighted by Gasteiger charge is -2.15. The molecule has 12 rings (SSSR count). The number of hydrogen-bond donors (Lipinski definition) is 0. The second kappa shape index (κ2) is 14.3. The van der Waals surface area contributed by atoms with Crippen LogP contribution in [0.15, 0.2) is 223 Å². The fourth-order valence-electron chi connectivity index (χ4n) is 9.07. The van der Waals surface area contributed by atoms with Gasteiger partial charge in [0.15, 0.2) is 5.82 Å². The molecule has 2 heterocycles. The minimum atomic E-state index is 0.674. The third-order valence-corrected chi connectivity index (χ3v) is 12.1. The number of furan rings is 1. The van der Waals surface area contributed by atoms with Crippen molar-refractivity contribution in [3.8, 4) is 67.3 Å². The fourth-order valence-corrected chi connectivity index (χ4v) is 9.07. The molecule has 284 valence electrons. The van der Waals surface area contributed by atoms with Gasteiger partial charge in [0.1, 0.15) is 11.2 Å². The second-order valence-corrected chi connectivity index (χ2v) is 15.7. The average Bonchev–Trinajstić information content (AvgIpc) is 3.73. The van der Waals surface area contributed by atoms with Crippen molar-refractivity contribution in [2.45, 2.75) is 0 Å². The first-order chi connectivity index (χ1) is 30.2. The van der Waals surface area contributed by atoms with Gasteiger partial charge in [-0.05, 0) is 84.4 Å². The van der Waals surface area contributed by atoms with Crippen LogP contribution in [0, 0.1) is 0 Å². The van der Waals surface area contributed by atoms with E-state index in [1.165, 1.54) is 49.0 Å². The van der Waals surface area contributed by atoms with E-state index < -0.39 is 0 Å². The van der Waals surface area contributed by atoms with Gasteiger partial charge in [-0.3, -0.25) is 0 Å². The molecular formula is C58H36N2O. The summed E-state index contributed by atoms with van der Waals surface area (Å²) in [5.74, 6) is 0.674. The molecule has 0 saturated heterocycles. The molecule has 0 radical (unpaired) electrons. The minimum Gasteiger partial charge on any atom is -0.455 e. The van der Waals surface area contributed by atoms with Crippen molar-refractivity contribution < 1.29 is 4.42 Å². The highest BCUT2D eigenvalue weighted by Gasteiger charge is 2.17. The molecule has 10 aromatic carbocycles. The Labute approximate surface area is 352 Å². The lowest BCUT2D eigenvalue weighted by atomic mass is 9.89. The maximum atomic E-state index is 6.46. The first-order valence-corrected chi connectivity index (χ1v) is 20.7. The molecule has 0 saturated carbocycles. The molecule has 0 unspecified atom stereocenters. The highest BCUT2D eigenvalue weighted by atomic mass is 16.3. The molecule has 3 nitrogen and oxygen atoms in total. The summed E-state index contributed by atoms with van der Waals surface area (Å²) >= 11 is 0. The Morgan fingerprint density at radius 2 is 0.885 bits per heavy atom. The highest BCUT2D eigenvalue weighted by molar-refractivity contribution is 6.20. The maximum absolute atomic E-state index is 6.46. The standard InChI is InChI=1S/C58H36N2O/c1-2-12-37(13-3-1)38-24-30-42(31-25-38)58-59-53(36-54(60-58)45-17-10-16-43(34-45)48-21-11-22-51-49-20-8-9-23-55(49)61-57(48)51)40-26-28-41(29-27-40)56-47-19-7-5-15-44(47)35-52-46-18-6-4-14-39(46)32-33-50(52)56/h1-36H. The number of aromatic nitrogens is 2. The van der Waals surface area contributed by atoms with Crippen LogP contribution in [0.4, 0.5) is 0 Å². The molecule has 0 atom stereocenters. The lowest BCUT2D eigenvalue weighted by molar-refractivity contribution is 0.670. The predicted molar refractivity (Wildman–Crippen MR) is 254 cm³/mol. The molecule has 3 heteroatoms. The summed E-state index contributed by atoms with van der Waals surface area (Å²) in [4.78, 5) is 10.5. The van der Waals surface area contributed by atoms with Crippen LogP contribution in [0.25, 0.3) is 122 Å². The molecule has 0 amide bonds. The normalized spacial score (nSPS) is 11.6. The van der Waals surface area contributed by atoms with Gasteiger partial charge in [-0.25, -0.2) is 9.97 Å². The number of hydrogen-bond acceptors (Lipinski definition) is 3. The van der Waals surface area contributed by atoms with Crippen molar-refractivity contribution in [1.82, 2.24) is 9.97 Å². The van der Waals surface area contributed by atoms with E-state index in [9.17, 15) is 0 Å². The molecule has 0 fully saturated rings. The quantitative estimate of drug-likeness (QED) is 0.125. The second-order valence-electron chi connectivity index (χ2n) is 15.7. The van der Waals surface area contributed by atoms with Crippen molar-refractivity contribution in [3.05, 3.63) is 218 Å². The zero-order valence-electron chi connectivity index (χ0n) is 33.1. The van der Waals surface area contributed by atoms with Crippen LogP contribution in [0.3, 0.4) is 0 Å². The minimum absolute atomic E-state index is 0.674. The summed E-state index contributed by atoms with van der Waals surface area (Å²) in [6, 6.07) is 77.5. The van der Waals surface area contributed by atoms with Crippen LogP contribution in [0.5, 0.6) is 0 Å². The largest absolute Gasteiger partial charge is 0.455 e. The molecule has 2 aromatic heterocycles. The van der Waals surface area contributed by atoms with Gasteiger partial charge >= 0.3 is 0 Å². The highest BCUT2D eigenvalue weighted by Crippen LogP contribution is 2.41. The third kappa shape index (κ3) is 6.06. The van der Waals surface area contributed by atoms with E-state index in [0.29, 0.717) is 5.82 Å². The summed E-state index contributed by atoms with van der Waals surface area (Å²) in [5.41, 5.74) is 13.3. The van der Waals surface area contributed by atoms with Crippen LogP contribution in [-0.4, -0.2) is 9.97 Å². The van der Waals surface area contributed by atoms with Gasteiger partial charge in [-0.1, -0.05) is 194 Å². The zero-order valence-corrected chi connectivity index (χ0v) is 33.1. The summed E-state index contributed by atoms with van der Waals surface area (Å²) in [6.45, 7) is 0. The Morgan fingerprint density at radius 3 is 1.72 bits per heavy atom. The van der Waals surface area contributed by atoms with Crippen molar-refractivity contribution in [1.29, 1.82) is 0 Å². The smallest absolute Gasteiger partial charge is 0.160 e. The van der Waals surface area contributed by atoms with E-state index >= 15 is 0 Å². The Morgan fingerprint density at radius 1 is 0.295 bits per heavy atom. The number of fused-ring (bicyclic) bond motifs is 7. The Hall–Kier alpha value is -8.14. The SMILES string of the molecule is c1ccc(-c2ccc(-c3nc(-c4ccc(-c5c6ccccc6cc6c5ccc5ccccc56)cc4)cc(-c4cccc(-c5cccc6c5oc5ccccc56)c4)n3)cc2)cc1. The fraction of sp³-hybridized carbons (Fsp3) is 0. The van der Waals surface area contributed by atoms with Crippen molar-refractivity contribution >= 4 is 54.3 Å². The van der Waals surface area contributed by atoms with Gasteiger partial charge in [0.05, 0.1) is 11.4 Å². The summed E-state index contributed by atoms with van der Waals surface area (Å²) in [6.07, 6.45) is 0. The van der Waals surface area contributed by atoms with E-state index in [1.54, 1.807) is 0 Å². The van der Waals surface area contributed by atoms with Crippen LogP contribution in [-0.2, 0) is 0 Å². The van der Waals surface area contributed by atoms with Gasteiger partial charge in [0.2, 0.25) is 0 Å². The van der Waals surface area contributed by atoms with Crippen molar-refractivity contribution in [2.24, 2.45) is 0 Å². The lowest BCUT2D eigenvalue weighted by Crippen LogP contribution is -1.96. The Balaban J connectivity index is 0.995. The molecule has 0 aliphatic rings. The van der Waals surface area contributed by atoms with Gasteiger partial charge in [-0.2, -0.15) is 0 Å². The monoisotopic (exact) mass is 776 g/mol. The van der Waals surface area contributed by atoms with Crippen LogP contribution >= 0.6 is 0 Å². The van der Waals surface area contributed by atoms with Gasteiger partial charge in [0, 0.05) is 33.0 Å². The summed E-state index contributed by atoms with van der Waals surface area (Å²) in [5, 5.41) is 9.71. The first-order valence-electron chi connectivity index (χ1n) is 20.7. The first kappa shape index (κ1) is 34.9. The number of para-hydroxylation sites is 2.